The summed E-state index contributed by atoms with van der Waals surface area (Å²) in [5.74, 6) is 0.221. The molecular formula is C10H7BrCl2N2O2S2. The highest BCUT2D eigenvalue weighted by atomic mass is 79.9. The number of halogens is 3. The summed E-state index contributed by atoms with van der Waals surface area (Å²) in [6, 6.07) is 2.92. The average Bonchev–Trinajstić information content (AvgIpc) is 2.63. The number of rotatable bonds is 3. The van der Waals surface area contributed by atoms with Gasteiger partial charge in [0.2, 0.25) is 0 Å². The van der Waals surface area contributed by atoms with Crippen molar-refractivity contribution in [3.05, 3.63) is 37.0 Å². The predicted molar refractivity (Wildman–Crippen MR) is 81.8 cm³/mol. The largest absolute Gasteiger partial charge is 0.265 e. The van der Waals surface area contributed by atoms with Gasteiger partial charge >= 0.3 is 0 Å². The Hall–Kier alpha value is -0.340. The number of anilines is 1. The first kappa shape index (κ1) is 15.1. The van der Waals surface area contributed by atoms with E-state index in [4.69, 9.17) is 23.2 Å². The summed E-state index contributed by atoms with van der Waals surface area (Å²) in [5.41, 5.74) is 0.863. The Balaban J connectivity index is 2.36. The molecule has 102 valence electrons. The maximum absolute atomic E-state index is 12.1. The standard InChI is InChI=1S/C10H7BrCl2N2O2S2/c1-5-2-9(14-4-6(5)11)15-19(16,17)7-3-8(12)18-10(7)13/h2-4H,1H3,(H,14,15). The van der Waals surface area contributed by atoms with Gasteiger partial charge in [-0.3, -0.25) is 4.72 Å². The van der Waals surface area contributed by atoms with Crippen molar-refractivity contribution < 1.29 is 8.42 Å². The van der Waals surface area contributed by atoms with Gasteiger partial charge in [0.1, 0.15) is 15.0 Å². The van der Waals surface area contributed by atoms with Crippen molar-refractivity contribution in [1.82, 2.24) is 4.98 Å². The fraction of sp³-hybridized carbons (Fsp3) is 0.100. The fourth-order valence-electron chi connectivity index (χ4n) is 1.30. The molecule has 0 aromatic carbocycles. The summed E-state index contributed by atoms with van der Waals surface area (Å²) >= 11 is 15.9. The van der Waals surface area contributed by atoms with E-state index < -0.39 is 10.0 Å². The topological polar surface area (TPSA) is 59.1 Å². The predicted octanol–water partition coefficient (Wildman–Crippen LogP) is 4.32. The number of thiophene rings is 1. The molecule has 0 unspecified atom stereocenters. The lowest BCUT2D eigenvalue weighted by Gasteiger charge is -2.07. The van der Waals surface area contributed by atoms with E-state index in [0.717, 1.165) is 21.4 Å². The van der Waals surface area contributed by atoms with Crippen LogP contribution in [-0.4, -0.2) is 13.4 Å². The van der Waals surface area contributed by atoms with Crippen LogP contribution in [0.2, 0.25) is 8.67 Å². The van der Waals surface area contributed by atoms with Crippen molar-refractivity contribution >= 4 is 66.3 Å². The molecular weight excluding hydrogens is 395 g/mol. The molecule has 0 spiro atoms. The van der Waals surface area contributed by atoms with Crippen molar-refractivity contribution in [2.24, 2.45) is 0 Å². The van der Waals surface area contributed by atoms with Crippen LogP contribution in [-0.2, 0) is 10.0 Å². The molecule has 2 aromatic heterocycles. The molecule has 2 heterocycles. The minimum absolute atomic E-state index is 0.0495. The zero-order valence-electron chi connectivity index (χ0n) is 9.45. The number of nitrogens with zero attached hydrogens (tertiary/aromatic N) is 1. The van der Waals surface area contributed by atoms with E-state index in [-0.39, 0.29) is 15.0 Å². The normalized spacial score (nSPS) is 11.6. The molecule has 0 saturated heterocycles. The molecule has 4 nitrogen and oxygen atoms in total. The molecule has 2 rings (SSSR count). The van der Waals surface area contributed by atoms with E-state index in [1.807, 2.05) is 6.92 Å². The summed E-state index contributed by atoms with van der Waals surface area (Å²) < 4.78 is 27.9. The molecule has 0 aliphatic heterocycles. The lowest BCUT2D eigenvalue weighted by Crippen LogP contribution is -2.13. The van der Waals surface area contributed by atoms with E-state index in [1.165, 1.54) is 12.3 Å². The van der Waals surface area contributed by atoms with Gasteiger partial charge in [0.15, 0.2) is 0 Å². The molecule has 19 heavy (non-hydrogen) atoms. The second-order valence-electron chi connectivity index (χ2n) is 3.61. The molecule has 0 bridgehead atoms. The fourth-order valence-corrected chi connectivity index (χ4v) is 4.66. The Morgan fingerprint density at radius 2 is 2.05 bits per heavy atom. The van der Waals surface area contributed by atoms with Crippen molar-refractivity contribution in [2.45, 2.75) is 11.8 Å². The number of hydrogen-bond donors (Lipinski definition) is 1. The Kier molecular flexibility index (Phi) is 4.42. The third-order valence-electron chi connectivity index (χ3n) is 2.20. The zero-order valence-corrected chi connectivity index (χ0v) is 14.2. The number of aryl methyl sites for hydroxylation is 1. The smallest absolute Gasteiger partial charge is 0.263 e. The monoisotopic (exact) mass is 400 g/mol. The Morgan fingerprint density at radius 3 is 2.58 bits per heavy atom. The minimum atomic E-state index is -3.79. The average molecular weight is 402 g/mol. The molecule has 0 saturated carbocycles. The van der Waals surface area contributed by atoms with Gasteiger partial charge in [-0.2, -0.15) is 0 Å². The third kappa shape index (κ3) is 3.41. The van der Waals surface area contributed by atoms with E-state index >= 15 is 0 Å². The molecule has 2 aromatic rings. The SMILES string of the molecule is Cc1cc(NS(=O)(=O)c2cc(Cl)sc2Cl)ncc1Br. The number of hydrogen-bond acceptors (Lipinski definition) is 4. The highest BCUT2D eigenvalue weighted by Crippen LogP contribution is 2.35. The van der Waals surface area contributed by atoms with Crippen molar-refractivity contribution in [3.63, 3.8) is 0 Å². The number of nitrogens with one attached hydrogen (secondary N) is 1. The third-order valence-corrected chi connectivity index (χ3v) is 6.14. The van der Waals surface area contributed by atoms with Crippen LogP contribution >= 0.6 is 50.5 Å². The summed E-state index contributed by atoms with van der Waals surface area (Å²) in [7, 11) is -3.79. The first-order valence-electron chi connectivity index (χ1n) is 4.89. The van der Waals surface area contributed by atoms with Gasteiger partial charge < -0.3 is 0 Å². The molecule has 1 N–H and O–H groups in total. The van der Waals surface area contributed by atoms with E-state index in [1.54, 1.807) is 6.07 Å². The van der Waals surface area contributed by atoms with Gasteiger partial charge in [-0.1, -0.05) is 23.2 Å². The minimum Gasteiger partial charge on any atom is -0.263 e. The van der Waals surface area contributed by atoms with Crippen LogP contribution in [0, 0.1) is 6.92 Å². The number of pyridine rings is 1. The Bertz CT molecular complexity index is 731. The second kappa shape index (κ2) is 5.57. The van der Waals surface area contributed by atoms with Crippen LogP contribution < -0.4 is 4.72 Å². The number of aromatic nitrogens is 1. The highest BCUT2D eigenvalue weighted by Gasteiger charge is 2.21. The summed E-state index contributed by atoms with van der Waals surface area (Å²) in [6.45, 7) is 1.83. The van der Waals surface area contributed by atoms with Gasteiger partial charge in [-0.05, 0) is 40.5 Å². The molecule has 9 heteroatoms. The first-order chi connectivity index (χ1) is 8.79. The van der Waals surface area contributed by atoms with Gasteiger partial charge in [-0.25, -0.2) is 13.4 Å². The zero-order chi connectivity index (χ0) is 14.2. The first-order valence-corrected chi connectivity index (χ1v) is 8.74. The summed E-state index contributed by atoms with van der Waals surface area (Å²) in [6.07, 6.45) is 1.52. The van der Waals surface area contributed by atoms with Crippen LogP contribution in [0.4, 0.5) is 5.82 Å². The van der Waals surface area contributed by atoms with Crippen molar-refractivity contribution in [3.8, 4) is 0 Å². The molecule has 0 aliphatic carbocycles. The van der Waals surface area contributed by atoms with Crippen LogP contribution in [0.1, 0.15) is 5.56 Å². The van der Waals surface area contributed by atoms with Crippen LogP contribution in [0.15, 0.2) is 27.7 Å². The van der Waals surface area contributed by atoms with Gasteiger partial charge in [-0.15, -0.1) is 11.3 Å². The molecule has 0 fully saturated rings. The van der Waals surface area contributed by atoms with E-state index in [9.17, 15) is 8.42 Å². The van der Waals surface area contributed by atoms with Gasteiger partial charge in [0, 0.05) is 10.7 Å². The quantitative estimate of drug-likeness (QED) is 0.832. The second-order valence-corrected chi connectivity index (χ2v) is 8.40. The molecule has 0 atom stereocenters. The lowest BCUT2D eigenvalue weighted by molar-refractivity contribution is 0.601. The summed E-state index contributed by atoms with van der Waals surface area (Å²) in [4.78, 5) is 3.93. The van der Waals surface area contributed by atoms with E-state index in [2.05, 4.69) is 25.6 Å². The summed E-state index contributed by atoms with van der Waals surface area (Å²) in [5, 5.41) is 0. The van der Waals surface area contributed by atoms with Crippen molar-refractivity contribution in [1.29, 1.82) is 0 Å². The maximum atomic E-state index is 12.1. The van der Waals surface area contributed by atoms with E-state index in [0.29, 0.717) is 4.34 Å². The maximum Gasteiger partial charge on any atom is 0.265 e. The highest BCUT2D eigenvalue weighted by molar-refractivity contribution is 9.10. The van der Waals surface area contributed by atoms with Crippen LogP contribution in [0.3, 0.4) is 0 Å². The number of sulfonamides is 1. The Labute approximate surface area is 132 Å². The van der Waals surface area contributed by atoms with Crippen LogP contribution in [0.5, 0.6) is 0 Å². The lowest BCUT2D eigenvalue weighted by atomic mass is 10.3. The molecule has 0 amide bonds. The van der Waals surface area contributed by atoms with Gasteiger partial charge in [0.05, 0.1) is 4.34 Å². The van der Waals surface area contributed by atoms with Crippen LogP contribution in [0.25, 0.3) is 0 Å². The molecule has 0 aliphatic rings. The Morgan fingerprint density at radius 1 is 1.37 bits per heavy atom. The molecule has 0 radical (unpaired) electrons. The van der Waals surface area contributed by atoms with Gasteiger partial charge in [0.25, 0.3) is 10.0 Å². The van der Waals surface area contributed by atoms with Crippen molar-refractivity contribution in [2.75, 3.05) is 4.72 Å².